The molecule has 1 heterocycles. The minimum Gasteiger partial charge on any atom is -0.494 e. The Morgan fingerprint density at radius 3 is 2.62 bits per heavy atom. The molecule has 0 radical (unpaired) electrons. The van der Waals surface area contributed by atoms with Crippen LogP contribution in [0.25, 0.3) is 0 Å². The summed E-state index contributed by atoms with van der Waals surface area (Å²) in [6.07, 6.45) is 0. The number of halogens is 3. The molecule has 1 aromatic heterocycles. The van der Waals surface area contributed by atoms with Gasteiger partial charge < -0.3 is 9.64 Å². The average molecular weight is 437 g/mol. The second kappa shape index (κ2) is 6.89. The largest absolute Gasteiger partial charge is 0.494 e. The summed E-state index contributed by atoms with van der Waals surface area (Å²) >= 11 is 8.07. The monoisotopic (exact) mass is 435 g/mol. The summed E-state index contributed by atoms with van der Waals surface area (Å²) < 4.78 is 20.2. The fourth-order valence-electron chi connectivity index (χ4n) is 1.79. The minimum atomic E-state index is -0.433. The van der Waals surface area contributed by atoms with Gasteiger partial charge in [-0.2, -0.15) is 0 Å². The van der Waals surface area contributed by atoms with E-state index in [9.17, 15) is 9.18 Å². The van der Waals surface area contributed by atoms with Crippen molar-refractivity contribution >= 4 is 49.1 Å². The number of hydrogen-bond acceptors (Lipinski definition) is 3. The van der Waals surface area contributed by atoms with Crippen molar-refractivity contribution in [2.75, 3.05) is 14.2 Å². The number of amides is 1. The highest BCUT2D eigenvalue weighted by atomic mass is 79.9. The van der Waals surface area contributed by atoms with E-state index in [1.54, 1.807) is 30.1 Å². The summed E-state index contributed by atoms with van der Waals surface area (Å²) in [4.78, 5) is 14.5. The Morgan fingerprint density at radius 1 is 1.38 bits per heavy atom. The van der Waals surface area contributed by atoms with E-state index in [2.05, 4.69) is 31.9 Å². The number of carbonyl (C=O) groups excluding carboxylic acids is 1. The maximum atomic E-state index is 13.6. The summed E-state index contributed by atoms with van der Waals surface area (Å²) in [7, 11) is 3.10. The van der Waals surface area contributed by atoms with Crippen LogP contribution in [0.5, 0.6) is 5.75 Å². The van der Waals surface area contributed by atoms with Crippen LogP contribution in [-0.2, 0) is 6.54 Å². The van der Waals surface area contributed by atoms with E-state index in [1.165, 1.54) is 24.5 Å². The number of benzene rings is 1. The lowest BCUT2D eigenvalue weighted by molar-refractivity contribution is 0.0789. The molecule has 21 heavy (non-hydrogen) atoms. The maximum absolute atomic E-state index is 13.6. The van der Waals surface area contributed by atoms with Crippen LogP contribution in [0.3, 0.4) is 0 Å². The number of nitrogens with zero attached hydrogens (tertiary/aromatic N) is 1. The van der Waals surface area contributed by atoms with Crippen molar-refractivity contribution in [3.63, 3.8) is 0 Å². The zero-order valence-electron chi connectivity index (χ0n) is 11.3. The van der Waals surface area contributed by atoms with E-state index >= 15 is 0 Å². The molecule has 7 heteroatoms. The highest BCUT2D eigenvalue weighted by Crippen LogP contribution is 2.33. The average Bonchev–Trinajstić information content (AvgIpc) is 2.78. The summed E-state index contributed by atoms with van der Waals surface area (Å²) in [6.45, 7) is 0.326. The van der Waals surface area contributed by atoms with Gasteiger partial charge in [0.1, 0.15) is 0 Å². The van der Waals surface area contributed by atoms with Gasteiger partial charge in [-0.1, -0.05) is 6.07 Å². The molecule has 0 spiro atoms. The summed E-state index contributed by atoms with van der Waals surface area (Å²) in [5.41, 5.74) is 0.707. The number of methoxy groups -OCH3 is 1. The van der Waals surface area contributed by atoms with Crippen molar-refractivity contribution in [3.05, 3.63) is 48.8 Å². The summed E-state index contributed by atoms with van der Waals surface area (Å²) in [5.74, 6) is -0.348. The first kappa shape index (κ1) is 16.5. The second-order valence-electron chi connectivity index (χ2n) is 4.36. The lowest BCUT2D eigenvalue weighted by atomic mass is 10.2. The highest BCUT2D eigenvalue weighted by molar-refractivity contribution is 9.13. The smallest absolute Gasteiger partial charge is 0.264 e. The first-order valence-corrected chi connectivity index (χ1v) is 8.35. The van der Waals surface area contributed by atoms with E-state index in [0.29, 0.717) is 17.0 Å². The Kier molecular flexibility index (Phi) is 5.40. The maximum Gasteiger partial charge on any atom is 0.264 e. The molecular formula is C14H12Br2FNO2S. The van der Waals surface area contributed by atoms with Crippen LogP contribution < -0.4 is 4.74 Å². The summed E-state index contributed by atoms with van der Waals surface area (Å²) in [5, 5.41) is 0. The van der Waals surface area contributed by atoms with Gasteiger partial charge in [0.2, 0.25) is 0 Å². The molecule has 0 aliphatic rings. The topological polar surface area (TPSA) is 29.5 Å². The van der Waals surface area contributed by atoms with E-state index in [-0.39, 0.29) is 11.7 Å². The molecule has 0 aliphatic carbocycles. The van der Waals surface area contributed by atoms with Gasteiger partial charge in [0, 0.05) is 18.1 Å². The molecule has 0 saturated heterocycles. The molecule has 2 aromatic rings. The fourth-order valence-corrected chi connectivity index (χ4v) is 3.82. The number of thiophene rings is 1. The molecule has 0 atom stereocenters. The Bertz CT molecular complexity index is 655. The Morgan fingerprint density at radius 2 is 2.10 bits per heavy atom. The first-order valence-electron chi connectivity index (χ1n) is 5.95. The SMILES string of the molecule is COc1ccc(CN(C)C(=O)c2cc(Br)c(Br)s2)cc1F. The molecule has 1 aromatic carbocycles. The van der Waals surface area contributed by atoms with Crippen LogP contribution in [0.2, 0.25) is 0 Å². The molecule has 0 bridgehead atoms. The summed E-state index contributed by atoms with van der Waals surface area (Å²) in [6, 6.07) is 6.44. The van der Waals surface area contributed by atoms with Crippen LogP contribution in [0.4, 0.5) is 4.39 Å². The zero-order chi connectivity index (χ0) is 15.6. The van der Waals surface area contributed by atoms with Crippen LogP contribution >= 0.6 is 43.2 Å². The minimum absolute atomic E-state index is 0.109. The molecule has 2 rings (SSSR count). The van der Waals surface area contributed by atoms with Crippen LogP contribution in [0.15, 0.2) is 32.5 Å². The lowest BCUT2D eigenvalue weighted by Gasteiger charge is -2.16. The molecule has 0 aliphatic heterocycles. The van der Waals surface area contributed by atoms with Crippen LogP contribution in [-0.4, -0.2) is 25.0 Å². The Hall–Kier alpha value is -0.920. The fraction of sp³-hybridized carbons (Fsp3) is 0.214. The van der Waals surface area contributed by atoms with Gasteiger partial charge in [-0.3, -0.25) is 4.79 Å². The van der Waals surface area contributed by atoms with Crippen LogP contribution in [0, 0.1) is 5.82 Å². The van der Waals surface area contributed by atoms with Crippen molar-refractivity contribution in [2.24, 2.45) is 0 Å². The van der Waals surface area contributed by atoms with E-state index in [1.807, 2.05) is 0 Å². The molecule has 0 unspecified atom stereocenters. The van der Waals surface area contributed by atoms with Crippen molar-refractivity contribution in [3.8, 4) is 5.75 Å². The number of hydrogen-bond donors (Lipinski definition) is 0. The normalized spacial score (nSPS) is 10.5. The third kappa shape index (κ3) is 3.84. The van der Waals surface area contributed by atoms with Gasteiger partial charge >= 0.3 is 0 Å². The molecule has 0 N–H and O–H groups in total. The molecule has 3 nitrogen and oxygen atoms in total. The highest BCUT2D eigenvalue weighted by Gasteiger charge is 2.17. The molecule has 0 saturated carbocycles. The van der Waals surface area contributed by atoms with Gasteiger partial charge in [0.25, 0.3) is 5.91 Å². The first-order chi connectivity index (χ1) is 9.92. The van der Waals surface area contributed by atoms with Crippen molar-refractivity contribution < 1.29 is 13.9 Å². The Balaban J connectivity index is 2.12. The number of carbonyl (C=O) groups is 1. The van der Waals surface area contributed by atoms with Gasteiger partial charge in [-0.25, -0.2) is 4.39 Å². The van der Waals surface area contributed by atoms with Crippen molar-refractivity contribution in [1.82, 2.24) is 4.90 Å². The van der Waals surface area contributed by atoms with Crippen molar-refractivity contribution in [2.45, 2.75) is 6.54 Å². The van der Waals surface area contributed by atoms with Gasteiger partial charge in [-0.15, -0.1) is 11.3 Å². The number of rotatable bonds is 4. The van der Waals surface area contributed by atoms with E-state index < -0.39 is 5.82 Å². The molecule has 112 valence electrons. The molecular weight excluding hydrogens is 425 g/mol. The zero-order valence-corrected chi connectivity index (χ0v) is 15.3. The predicted molar refractivity (Wildman–Crippen MR) is 88.5 cm³/mol. The van der Waals surface area contributed by atoms with E-state index in [0.717, 1.165) is 8.26 Å². The van der Waals surface area contributed by atoms with Gasteiger partial charge in [0.05, 0.1) is 15.8 Å². The van der Waals surface area contributed by atoms with Gasteiger partial charge in [0.15, 0.2) is 11.6 Å². The van der Waals surface area contributed by atoms with E-state index in [4.69, 9.17) is 4.74 Å². The third-order valence-corrected chi connectivity index (χ3v) is 6.08. The molecule has 0 fully saturated rings. The van der Waals surface area contributed by atoms with Crippen molar-refractivity contribution in [1.29, 1.82) is 0 Å². The lowest BCUT2D eigenvalue weighted by Crippen LogP contribution is -2.25. The van der Waals surface area contributed by atoms with Crippen LogP contribution in [0.1, 0.15) is 15.2 Å². The Labute approximate surface area is 143 Å². The van der Waals surface area contributed by atoms with Gasteiger partial charge in [-0.05, 0) is 55.6 Å². The predicted octanol–water partition coefficient (Wildman–Crippen LogP) is 4.69. The molecule has 1 amide bonds. The number of ether oxygens (including phenoxy) is 1. The second-order valence-corrected chi connectivity index (χ2v) is 7.59. The third-order valence-electron chi connectivity index (χ3n) is 2.84. The quantitative estimate of drug-likeness (QED) is 0.695. The standard InChI is InChI=1S/C14H12Br2FNO2S/c1-18(14(19)12-6-9(15)13(16)21-12)7-8-3-4-11(20-2)10(17)5-8/h3-6H,7H2,1-2H3.